The van der Waals surface area contributed by atoms with Crippen molar-refractivity contribution < 1.29 is 0 Å². The minimum absolute atomic E-state index is 0.593. The second-order valence-electron chi connectivity index (χ2n) is 6.09. The third kappa shape index (κ3) is 2.65. The number of aromatic nitrogens is 5. The molecule has 1 aliphatic carbocycles. The van der Waals surface area contributed by atoms with Crippen LogP contribution in [0, 0.1) is 13.8 Å². The van der Waals surface area contributed by atoms with Crippen LogP contribution in [0.25, 0.3) is 17.2 Å². The average molecular weight is 328 g/mol. The molecule has 6 nitrogen and oxygen atoms in total. The van der Waals surface area contributed by atoms with Crippen LogP contribution in [0.5, 0.6) is 0 Å². The van der Waals surface area contributed by atoms with Crippen molar-refractivity contribution in [3.63, 3.8) is 0 Å². The van der Waals surface area contributed by atoms with E-state index in [2.05, 4.69) is 50.4 Å². The fourth-order valence-electron chi connectivity index (χ4n) is 3.36. The third-order valence-corrected chi connectivity index (χ3v) is 5.28. The Labute approximate surface area is 139 Å². The molecule has 0 spiro atoms. The van der Waals surface area contributed by atoms with Crippen LogP contribution in [-0.4, -0.2) is 30.8 Å². The lowest BCUT2D eigenvalue weighted by Crippen LogP contribution is -2.14. The molecule has 3 heterocycles. The fraction of sp³-hybridized carbons (Fsp3) is 0.438. The van der Waals surface area contributed by atoms with Gasteiger partial charge in [0, 0.05) is 28.4 Å². The van der Waals surface area contributed by atoms with Crippen molar-refractivity contribution in [1.29, 1.82) is 0 Å². The highest BCUT2D eigenvalue weighted by Crippen LogP contribution is 2.32. The number of aryl methyl sites for hydroxylation is 1. The minimum atomic E-state index is 0.593. The molecule has 2 N–H and O–H groups in total. The molecule has 3 aromatic heterocycles. The lowest BCUT2D eigenvalue weighted by atomic mass is 10.2. The number of hydrogen-bond donors (Lipinski definition) is 2. The molecule has 0 atom stereocenters. The van der Waals surface area contributed by atoms with E-state index in [9.17, 15) is 0 Å². The molecule has 0 saturated heterocycles. The Balaban J connectivity index is 1.63. The molecule has 1 saturated carbocycles. The molecule has 23 heavy (non-hydrogen) atoms. The molecule has 0 bridgehead atoms. The zero-order valence-corrected chi connectivity index (χ0v) is 14.2. The first-order chi connectivity index (χ1) is 11.2. The zero-order valence-electron chi connectivity index (χ0n) is 13.3. The molecule has 0 unspecified atom stereocenters. The lowest BCUT2D eigenvalue weighted by molar-refractivity contribution is 0.754. The summed E-state index contributed by atoms with van der Waals surface area (Å²) < 4.78 is 2.08. The van der Waals surface area contributed by atoms with Crippen LogP contribution in [0.1, 0.15) is 37.1 Å². The zero-order chi connectivity index (χ0) is 15.8. The number of nitrogens with one attached hydrogen (secondary N) is 2. The SMILES string of the molecule is Cc1cc(-c2csc(NC3CCCC3)n2)c(C)n1-c1ncn[nH]1. The second-order valence-corrected chi connectivity index (χ2v) is 6.95. The highest BCUT2D eigenvalue weighted by atomic mass is 32.1. The normalized spacial score (nSPS) is 15.4. The van der Waals surface area contributed by atoms with Crippen LogP contribution >= 0.6 is 11.3 Å². The molecule has 0 amide bonds. The first-order valence-corrected chi connectivity index (χ1v) is 8.87. The number of aromatic amines is 1. The van der Waals surface area contributed by atoms with Crippen LogP contribution in [0.4, 0.5) is 5.13 Å². The van der Waals surface area contributed by atoms with Gasteiger partial charge in [-0.1, -0.05) is 12.8 Å². The van der Waals surface area contributed by atoms with Crippen molar-refractivity contribution >= 4 is 16.5 Å². The Hall–Kier alpha value is -2.15. The van der Waals surface area contributed by atoms with Crippen molar-refractivity contribution in [3.8, 4) is 17.2 Å². The average Bonchev–Trinajstić information content (AvgIpc) is 3.28. The van der Waals surface area contributed by atoms with E-state index in [-0.39, 0.29) is 0 Å². The van der Waals surface area contributed by atoms with Crippen molar-refractivity contribution in [2.45, 2.75) is 45.6 Å². The number of nitrogens with zero attached hydrogens (tertiary/aromatic N) is 4. The van der Waals surface area contributed by atoms with Gasteiger partial charge < -0.3 is 5.32 Å². The van der Waals surface area contributed by atoms with Crippen molar-refractivity contribution in [3.05, 3.63) is 29.2 Å². The number of anilines is 1. The van der Waals surface area contributed by atoms with E-state index in [1.807, 2.05) is 0 Å². The Bertz CT molecular complexity index is 795. The van der Waals surface area contributed by atoms with Gasteiger partial charge in [0.15, 0.2) is 5.13 Å². The van der Waals surface area contributed by atoms with E-state index >= 15 is 0 Å². The number of H-pyrrole nitrogens is 1. The van der Waals surface area contributed by atoms with E-state index in [4.69, 9.17) is 4.98 Å². The molecule has 120 valence electrons. The molecular weight excluding hydrogens is 308 g/mol. The van der Waals surface area contributed by atoms with Gasteiger partial charge in [0.2, 0.25) is 5.95 Å². The second kappa shape index (κ2) is 5.81. The summed E-state index contributed by atoms with van der Waals surface area (Å²) in [5.74, 6) is 0.741. The minimum Gasteiger partial charge on any atom is -0.359 e. The van der Waals surface area contributed by atoms with Gasteiger partial charge >= 0.3 is 0 Å². The van der Waals surface area contributed by atoms with Gasteiger partial charge in [0.05, 0.1) is 5.69 Å². The number of thiazole rings is 1. The highest BCUT2D eigenvalue weighted by molar-refractivity contribution is 7.14. The van der Waals surface area contributed by atoms with Gasteiger partial charge in [-0.15, -0.1) is 11.3 Å². The molecule has 3 aromatic rings. The Morgan fingerprint density at radius 2 is 2.13 bits per heavy atom. The molecule has 4 rings (SSSR count). The molecule has 1 fully saturated rings. The molecule has 1 aliphatic rings. The van der Waals surface area contributed by atoms with Crippen LogP contribution in [0.3, 0.4) is 0 Å². The monoisotopic (exact) mass is 328 g/mol. The van der Waals surface area contributed by atoms with E-state index in [0.29, 0.717) is 6.04 Å². The van der Waals surface area contributed by atoms with Crippen molar-refractivity contribution in [2.24, 2.45) is 0 Å². The molecule has 0 aliphatic heterocycles. The largest absolute Gasteiger partial charge is 0.359 e. The highest BCUT2D eigenvalue weighted by Gasteiger charge is 2.18. The summed E-state index contributed by atoms with van der Waals surface area (Å²) in [6, 6.07) is 2.75. The predicted octanol–water partition coefficient (Wildman–Crippen LogP) is 3.69. The topological polar surface area (TPSA) is 71.4 Å². The summed E-state index contributed by atoms with van der Waals surface area (Å²) >= 11 is 1.69. The van der Waals surface area contributed by atoms with E-state index in [1.54, 1.807) is 11.3 Å². The summed E-state index contributed by atoms with van der Waals surface area (Å²) in [5.41, 5.74) is 4.41. The standard InChI is InChI=1S/C16H20N6S/c1-10-7-13(11(2)22(10)15-17-9-18-21-15)14-8-23-16(20-14)19-12-5-3-4-6-12/h7-9,12H,3-6H2,1-2H3,(H,19,20)(H,17,18,21). The lowest BCUT2D eigenvalue weighted by Gasteiger charge is -2.09. The first kappa shape index (κ1) is 14.4. The van der Waals surface area contributed by atoms with Gasteiger partial charge in [-0.05, 0) is 32.8 Å². The number of hydrogen-bond acceptors (Lipinski definition) is 5. The maximum Gasteiger partial charge on any atom is 0.229 e. The molecule has 0 radical (unpaired) electrons. The van der Waals surface area contributed by atoms with Crippen molar-refractivity contribution in [2.75, 3.05) is 5.32 Å². The first-order valence-electron chi connectivity index (χ1n) is 7.99. The maximum absolute atomic E-state index is 4.79. The quantitative estimate of drug-likeness (QED) is 0.766. The van der Waals surface area contributed by atoms with Crippen LogP contribution in [-0.2, 0) is 0 Å². The molecular formula is C16H20N6S. The summed E-state index contributed by atoms with van der Waals surface area (Å²) in [4.78, 5) is 9.04. The van der Waals surface area contributed by atoms with E-state index in [1.165, 1.54) is 32.0 Å². The van der Waals surface area contributed by atoms with E-state index < -0.39 is 0 Å². The number of rotatable bonds is 4. The van der Waals surface area contributed by atoms with Crippen LogP contribution < -0.4 is 5.32 Å². The van der Waals surface area contributed by atoms with Gasteiger partial charge in [-0.25, -0.2) is 10.1 Å². The Kier molecular flexibility index (Phi) is 3.65. The molecule has 7 heteroatoms. The van der Waals surface area contributed by atoms with Gasteiger partial charge in [-0.3, -0.25) is 4.57 Å². The summed E-state index contributed by atoms with van der Waals surface area (Å²) in [6.07, 6.45) is 6.70. The van der Waals surface area contributed by atoms with Gasteiger partial charge in [-0.2, -0.15) is 10.1 Å². The summed E-state index contributed by atoms with van der Waals surface area (Å²) in [6.45, 7) is 4.16. The third-order valence-electron chi connectivity index (χ3n) is 4.51. The Morgan fingerprint density at radius 1 is 1.30 bits per heavy atom. The smallest absolute Gasteiger partial charge is 0.229 e. The maximum atomic E-state index is 4.79. The van der Waals surface area contributed by atoms with Gasteiger partial charge in [0.1, 0.15) is 6.33 Å². The predicted molar refractivity (Wildman–Crippen MR) is 92.2 cm³/mol. The van der Waals surface area contributed by atoms with E-state index in [0.717, 1.165) is 33.7 Å². The summed E-state index contributed by atoms with van der Waals surface area (Å²) in [7, 11) is 0. The van der Waals surface area contributed by atoms with Crippen LogP contribution in [0.2, 0.25) is 0 Å². The van der Waals surface area contributed by atoms with Crippen LogP contribution in [0.15, 0.2) is 17.8 Å². The fourth-order valence-corrected chi connectivity index (χ4v) is 4.15. The Morgan fingerprint density at radius 3 is 2.87 bits per heavy atom. The van der Waals surface area contributed by atoms with Crippen molar-refractivity contribution in [1.82, 2.24) is 24.7 Å². The molecule has 0 aromatic carbocycles. The summed E-state index contributed by atoms with van der Waals surface area (Å²) in [5, 5.41) is 13.6. The van der Waals surface area contributed by atoms with Gasteiger partial charge in [0.25, 0.3) is 0 Å².